The van der Waals surface area contributed by atoms with Gasteiger partial charge in [-0.15, -0.1) is 0 Å². The van der Waals surface area contributed by atoms with Crippen molar-refractivity contribution in [3.05, 3.63) is 34.9 Å². The first-order valence-corrected chi connectivity index (χ1v) is 7.07. The Morgan fingerprint density at radius 3 is 2.62 bits per heavy atom. The monoisotopic (exact) mass is 307 g/mol. The lowest BCUT2D eigenvalue weighted by Gasteiger charge is -2.40. The summed E-state index contributed by atoms with van der Waals surface area (Å²) in [6.45, 7) is 3.87. The number of hydrogen-bond acceptors (Lipinski definition) is 3. The molecule has 1 unspecified atom stereocenters. The number of nitrogens with zero attached hydrogens (tertiary/aromatic N) is 2. The zero-order chi connectivity index (χ0) is 15.5. The van der Waals surface area contributed by atoms with Crippen molar-refractivity contribution in [1.82, 2.24) is 9.80 Å². The Kier molecular flexibility index (Phi) is 4.73. The molecule has 2 rings (SSSR count). The molecule has 0 radical (unpaired) electrons. The first kappa shape index (κ1) is 15.6. The quantitative estimate of drug-likeness (QED) is 0.774. The van der Waals surface area contributed by atoms with Crippen molar-refractivity contribution in [2.45, 2.75) is 12.6 Å². The van der Waals surface area contributed by atoms with Crippen molar-refractivity contribution >= 4 is 17.7 Å². The molecule has 1 fully saturated rings. The van der Waals surface area contributed by atoms with Crippen LogP contribution in [0.4, 0.5) is 4.79 Å². The number of benzene rings is 1. The highest BCUT2D eigenvalue weighted by Gasteiger charge is 2.30. The molecule has 0 aromatic heterocycles. The topological polar surface area (TPSA) is 69.8 Å². The summed E-state index contributed by atoms with van der Waals surface area (Å²) >= 11 is 5.92. The van der Waals surface area contributed by atoms with Gasteiger partial charge in [0.2, 0.25) is 0 Å². The van der Waals surface area contributed by atoms with E-state index in [4.69, 9.17) is 22.4 Å². The molecule has 1 saturated heterocycles. The molecule has 1 aromatic rings. The fourth-order valence-corrected chi connectivity index (χ4v) is 2.40. The Labute approximate surface area is 129 Å². The van der Waals surface area contributed by atoms with Gasteiger partial charge in [0.15, 0.2) is 0 Å². The van der Waals surface area contributed by atoms with E-state index in [2.05, 4.69) is 11.8 Å². The Bertz CT molecular complexity index is 584. The maximum atomic E-state index is 10.9. The van der Waals surface area contributed by atoms with Gasteiger partial charge in [-0.2, -0.15) is 0 Å². The maximum Gasteiger partial charge on any atom is 0.407 e. The third-order valence-electron chi connectivity index (χ3n) is 3.49. The van der Waals surface area contributed by atoms with E-state index in [9.17, 15) is 4.79 Å². The van der Waals surface area contributed by atoms with Crippen LogP contribution < -0.4 is 5.73 Å². The van der Waals surface area contributed by atoms with Crippen LogP contribution in [0, 0.1) is 11.8 Å². The minimum atomic E-state index is -0.890. The van der Waals surface area contributed by atoms with E-state index in [-0.39, 0.29) is 0 Å². The molecule has 0 aliphatic carbocycles. The maximum absolute atomic E-state index is 10.9. The van der Waals surface area contributed by atoms with Crippen LogP contribution in [0.25, 0.3) is 0 Å². The summed E-state index contributed by atoms with van der Waals surface area (Å²) in [5.41, 5.74) is 6.26. The van der Waals surface area contributed by atoms with Crippen molar-refractivity contribution in [3.63, 3.8) is 0 Å². The summed E-state index contributed by atoms with van der Waals surface area (Å²) in [6, 6.07) is 7.29. The zero-order valence-corrected chi connectivity index (χ0v) is 12.6. The van der Waals surface area contributed by atoms with Gasteiger partial charge in [0, 0.05) is 36.8 Å². The van der Waals surface area contributed by atoms with E-state index < -0.39 is 11.8 Å². The first-order chi connectivity index (χ1) is 9.88. The van der Waals surface area contributed by atoms with Crippen molar-refractivity contribution in [3.8, 4) is 11.8 Å². The average Bonchev–Trinajstić information content (AvgIpc) is 2.45. The molecule has 6 heteroatoms. The molecule has 1 aliphatic rings. The normalized spacial score (nSPS) is 18.5. The largest absolute Gasteiger partial charge is 0.465 e. The highest BCUT2D eigenvalue weighted by Crippen LogP contribution is 2.13. The lowest BCUT2D eigenvalue weighted by atomic mass is 10.1. The Balaban J connectivity index is 2.04. The molecule has 1 amide bonds. The summed E-state index contributed by atoms with van der Waals surface area (Å²) in [5.74, 6) is 6.07. The molecule has 1 aliphatic heterocycles. The number of carboxylic acid groups (broad SMARTS) is 1. The average molecular weight is 308 g/mol. The van der Waals surface area contributed by atoms with Gasteiger partial charge in [-0.3, -0.25) is 4.90 Å². The van der Waals surface area contributed by atoms with E-state index in [1.165, 1.54) is 4.90 Å². The Morgan fingerprint density at radius 2 is 2.05 bits per heavy atom. The van der Waals surface area contributed by atoms with Crippen LogP contribution in [0.1, 0.15) is 12.5 Å². The zero-order valence-electron chi connectivity index (χ0n) is 11.8. The number of piperazine rings is 1. The number of nitrogens with two attached hydrogens (primary N) is 1. The van der Waals surface area contributed by atoms with Gasteiger partial charge < -0.3 is 15.7 Å². The molecule has 1 aromatic carbocycles. The fourth-order valence-electron chi connectivity index (χ4n) is 2.21. The highest BCUT2D eigenvalue weighted by molar-refractivity contribution is 6.30. The molecule has 0 bridgehead atoms. The van der Waals surface area contributed by atoms with Gasteiger partial charge in [-0.1, -0.05) is 29.5 Å². The second kappa shape index (κ2) is 6.35. The summed E-state index contributed by atoms with van der Waals surface area (Å²) in [7, 11) is 0. The highest BCUT2D eigenvalue weighted by atomic mass is 35.5. The smallest absolute Gasteiger partial charge is 0.407 e. The molecule has 1 atom stereocenters. The van der Waals surface area contributed by atoms with Crippen molar-refractivity contribution < 1.29 is 9.90 Å². The first-order valence-electron chi connectivity index (χ1n) is 6.69. The predicted molar refractivity (Wildman–Crippen MR) is 82.1 cm³/mol. The summed E-state index contributed by atoms with van der Waals surface area (Å²) in [4.78, 5) is 14.3. The van der Waals surface area contributed by atoms with Gasteiger partial charge in [0.1, 0.15) is 5.66 Å². The van der Waals surface area contributed by atoms with Crippen LogP contribution in [0.2, 0.25) is 5.02 Å². The Morgan fingerprint density at radius 1 is 1.38 bits per heavy atom. The molecular weight excluding hydrogens is 290 g/mol. The van der Waals surface area contributed by atoms with Gasteiger partial charge in [-0.05, 0) is 25.1 Å². The van der Waals surface area contributed by atoms with Gasteiger partial charge in [-0.25, -0.2) is 4.79 Å². The third kappa shape index (κ3) is 4.11. The fraction of sp³-hybridized carbons (Fsp3) is 0.400. The molecule has 5 nitrogen and oxygen atoms in total. The molecule has 21 heavy (non-hydrogen) atoms. The van der Waals surface area contributed by atoms with Gasteiger partial charge >= 0.3 is 6.09 Å². The molecule has 3 N–H and O–H groups in total. The number of amides is 1. The lowest BCUT2D eigenvalue weighted by Crippen LogP contribution is -2.60. The molecule has 1 heterocycles. The Hall–Kier alpha value is -1.74. The second-order valence-electron chi connectivity index (χ2n) is 5.16. The number of rotatable bonds is 1. The van der Waals surface area contributed by atoms with Crippen molar-refractivity contribution in [2.75, 3.05) is 26.2 Å². The van der Waals surface area contributed by atoms with Gasteiger partial charge in [0.05, 0.1) is 0 Å². The standard InChI is InChI=1S/C15H18ClN3O2/c1-15(17,6-5-12-3-2-4-13(16)11-12)19-9-7-18(8-10-19)14(20)21/h2-4,11H,7-10,17H2,1H3,(H,20,21). The van der Waals surface area contributed by atoms with E-state index in [1.54, 1.807) is 12.1 Å². The minimum absolute atomic E-state index is 0.445. The van der Waals surface area contributed by atoms with Crippen LogP contribution in [0.3, 0.4) is 0 Å². The number of carbonyl (C=O) groups is 1. The lowest BCUT2D eigenvalue weighted by molar-refractivity contribution is 0.0702. The number of hydrogen-bond donors (Lipinski definition) is 2. The van der Waals surface area contributed by atoms with E-state index in [0.29, 0.717) is 31.2 Å². The summed E-state index contributed by atoms with van der Waals surface area (Å²) < 4.78 is 0. The van der Waals surface area contributed by atoms with Crippen LogP contribution in [0.15, 0.2) is 24.3 Å². The molecule has 112 valence electrons. The van der Waals surface area contributed by atoms with E-state index in [0.717, 1.165) is 5.56 Å². The van der Waals surface area contributed by atoms with Gasteiger partial charge in [0.25, 0.3) is 0 Å². The summed E-state index contributed by atoms with van der Waals surface area (Å²) in [6.07, 6.45) is -0.890. The SMILES string of the molecule is CC(N)(C#Cc1cccc(Cl)c1)N1CCN(C(=O)O)CC1. The van der Waals surface area contributed by atoms with E-state index >= 15 is 0 Å². The number of halogens is 1. The van der Waals surface area contributed by atoms with Crippen molar-refractivity contribution in [2.24, 2.45) is 5.73 Å². The predicted octanol–water partition coefficient (Wildman–Crippen LogP) is 1.66. The van der Waals surface area contributed by atoms with E-state index in [1.807, 2.05) is 24.0 Å². The summed E-state index contributed by atoms with van der Waals surface area (Å²) in [5, 5.41) is 9.58. The minimum Gasteiger partial charge on any atom is -0.465 e. The molecule has 0 spiro atoms. The van der Waals surface area contributed by atoms with Crippen LogP contribution in [-0.2, 0) is 0 Å². The van der Waals surface area contributed by atoms with Crippen LogP contribution >= 0.6 is 11.6 Å². The third-order valence-corrected chi connectivity index (χ3v) is 3.73. The van der Waals surface area contributed by atoms with Crippen LogP contribution in [-0.4, -0.2) is 52.8 Å². The molecule has 0 saturated carbocycles. The van der Waals surface area contributed by atoms with Crippen LogP contribution in [0.5, 0.6) is 0 Å². The van der Waals surface area contributed by atoms with Crippen molar-refractivity contribution in [1.29, 1.82) is 0 Å². The molecular formula is C15H18ClN3O2. The second-order valence-corrected chi connectivity index (χ2v) is 5.60.